The lowest BCUT2D eigenvalue weighted by atomic mass is 10.0. The minimum absolute atomic E-state index is 0.0729. The summed E-state index contributed by atoms with van der Waals surface area (Å²) >= 11 is 3.38. The van der Waals surface area contributed by atoms with Crippen molar-refractivity contribution in [2.75, 3.05) is 26.7 Å². The molecule has 0 aliphatic carbocycles. The average Bonchev–Trinajstić information content (AvgIpc) is 2.33. The molecule has 114 valence electrons. The van der Waals surface area contributed by atoms with E-state index in [9.17, 15) is 13.2 Å². The molecule has 1 unspecified atom stereocenters. The van der Waals surface area contributed by atoms with Crippen molar-refractivity contribution in [3.8, 4) is 0 Å². The van der Waals surface area contributed by atoms with Gasteiger partial charge in [-0.25, -0.2) is 0 Å². The van der Waals surface area contributed by atoms with Crippen molar-refractivity contribution in [1.29, 1.82) is 0 Å². The minimum atomic E-state index is -4.14. The number of halogens is 4. The average molecular weight is 353 g/mol. The van der Waals surface area contributed by atoms with Crippen LogP contribution in [0.15, 0.2) is 28.7 Å². The van der Waals surface area contributed by atoms with E-state index in [1.807, 2.05) is 31.2 Å². The fourth-order valence-corrected chi connectivity index (χ4v) is 2.33. The molecule has 20 heavy (non-hydrogen) atoms. The normalized spacial score (nSPS) is 13.8. The molecule has 0 heterocycles. The van der Waals surface area contributed by atoms with Crippen LogP contribution in [0.1, 0.15) is 24.9 Å². The first-order chi connectivity index (χ1) is 9.31. The van der Waals surface area contributed by atoms with Crippen LogP contribution < -0.4 is 5.32 Å². The van der Waals surface area contributed by atoms with Crippen LogP contribution in [0, 0.1) is 0 Å². The topological polar surface area (TPSA) is 15.3 Å². The second kappa shape index (κ2) is 8.00. The summed E-state index contributed by atoms with van der Waals surface area (Å²) in [5, 5.41) is 3.31. The van der Waals surface area contributed by atoms with Crippen LogP contribution in [0.5, 0.6) is 0 Å². The number of alkyl halides is 3. The summed E-state index contributed by atoms with van der Waals surface area (Å²) in [7, 11) is 1.50. The van der Waals surface area contributed by atoms with E-state index in [1.165, 1.54) is 11.9 Å². The van der Waals surface area contributed by atoms with Crippen molar-refractivity contribution in [2.45, 2.75) is 25.6 Å². The molecule has 0 radical (unpaired) electrons. The molecule has 0 aliphatic heterocycles. The Labute approximate surface area is 126 Å². The largest absolute Gasteiger partial charge is 0.401 e. The Morgan fingerprint density at radius 1 is 1.25 bits per heavy atom. The predicted molar refractivity (Wildman–Crippen MR) is 78.7 cm³/mol. The second-order valence-corrected chi connectivity index (χ2v) is 5.72. The zero-order valence-corrected chi connectivity index (χ0v) is 13.3. The molecule has 0 amide bonds. The van der Waals surface area contributed by atoms with E-state index >= 15 is 0 Å². The quantitative estimate of drug-likeness (QED) is 0.798. The number of nitrogens with zero attached hydrogens (tertiary/aromatic N) is 1. The van der Waals surface area contributed by atoms with Crippen molar-refractivity contribution in [2.24, 2.45) is 0 Å². The van der Waals surface area contributed by atoms with Crippen molar-refractivity contribution >= 4 is 15.9 Å². The summed E-state index contributed by atoms with van der Waals surface area (Å²) in [6.45, 7) is 2.30. The van der Waals surface area contributed by atoms with Crippen LogP contribution in [-0.2, 0) is 0 Å². The van der Waals surface area contributed by atoms with Gasteiger partial charge in [-0.1, -0.05) is 35.0 Å². The molecule has 0 aromatic heterocycles. The first-order valence-corrected chi connectivity index (χ1v) is 7.35. The van der Waals surface area contributed by atoms with Gasteiger partial charge in [0.05, 0.1) is 6.54 Å². The van der Waals surface area contributed by atoms with E-state index in [0.717, 1.165) is 16.6 Å². The Kier molecular flexibility index (Phi) is 6.99. The van der Waals surface area contributed by atoms with E-state index < -0.39 is 12.7 Å². The summed E-state index contributed by atoms with van der Waals surface area (Å²) in [4.78, 5) is 1.31. The molecular formula is C14H20BrF3N2. The SMILES string of the molecule is CCNC(CCN(C)CC(F)(F)F)c1ccc(Br)cc1. The lowest BCUT2D eigenvalue weighted by Crippen LogP contribution is -2.33. The van der Waals surface area contributed by atoms with E-state index in [4.69, 9.17) is 0 Å². The maximum Gasteiger partial charge on any atom is 0.401 e. The number of hydrogen-bond donors (Lipinski definition) is 1. The van der Waals surface area contributed by atoms with Crippen LogP contribution >= 0.6 is 15.9 Å². The molecule has 0 aliphatic rings. The molecule has 2 nitrogen and oxygen atoms in total. The number of nitrogens with one attached hydrogen (secondary N) is 1. The van der Waals surface area contributed by atoms with Gasteiger partial charge in [0.1, 0.15) is 0 Å². The first kappa shape index (κ1) is 17.5. The monoisotopic (exact) mass is 352 g/mol. The highest BCUT2D eigenvalue weighted by molar-refractivity contribution is 9.10. The van der Waals surface area contributed by atoms with Crippen molar-refractivity contribution in [3.63, 3.8) is 0 Å². The van der Waals surface area contributed by atoms with Crippen molar-refractivity contribution in [1.82, 2.24) is 10.2 Å². The van der Waals surface area contributed by atoms with Gasteiger partial charge in [-0.05, 0) is 44.3 Å². The third-order valence-electron chi connectivity index (χ3n) is 2.97. The van der Waals surface area contributed by atoms with Crippen LogP contribution in [0.4, 0.5) is 13.2 Å². The van der Waals surface area contributed by atoms with E-state index in [-0.39, 0.29) is 6.04 Å². The first-order valence-electron chi connectivity index (χ1n) is 6.56. The van der Waals surface area contributed by atoms with E-state index in [2.05, 4.69) is 21.2 Å². The number of rotatable bonds is 7. The standard InChI is InChI=1S/C14H20BrF3N2/c1-3-19-13(11-4-6-12(15)7-5-11)8-9-20(2)10-14(16,17)18/h4-7,13,19H,3,8-10H2,1-2H3. The van der Waals surface area contributed by atoms with Gasteiger partial charge in [0.15, 0.2) is 0 Å². The number of benzene rings is 1. The van der Waals surface area contributed by atoms with Crippen LogP contribution in [0.3, 0.4) is 0 Å². The van der Waals surface area contributed by atoms with Gasteiger partial charge in [0.2, 0.25) is 0 Å². The molecule has 1 rings (SSSR count). The Morgan fingerprint density at radius 2 is 1.85 bits per heavy atom. The molecule has 0 saturated heterocycles. The maximum atomic E-state index is 12.3. The van der Waals surface area contributed by atoms with Gasteiger partial charge >= 0.3 is 6.18 Å². The zero-order valence-electron chi connectivity index (χ0n) is 11.7. The van der Waals surface area contributed by atoms with E-state index in [1.54, 1.807) is 0 Å². The van der Waals surface area contributed by atoms with Crippen LogP contribution in [0.2, 0.25) is 0 Å². The molecule has 1 atom stereocenters. The Hall–Kier alpha value is -0.590. The highest BCUT2D eigenvalue weighted by atomic mass is 79.9. The summed E-state index contributed by atoms with van der Waals surface area (Å²) in [5.74, 6) is 0. The summed E-state index contributed by atoms with van der Waals surface area (Å²) < 4.78 is 37.8. The molecule has 6 heteroatoms. The molecule has 1 aromatic carbocycles. The molecular weight excluding hydrogens is 333 g/mol. The lowest BCUT2D eigenvalue weighted by molar-refractivity contribution is -0.143. The number of hydrogen-bond acceptors (Lipinski definition) is 2. The van der Waals surface area contributed by atoms with Gasteiger partial charge in [-0.15, -0.1) is 0 Å². The molecule has 0 saturated carbocycles. The molecule has 0 spiro atoms. The Bertz CT molecular complexity index is 392. The highest BCUT2D eigenvalue weighted by Gasteiger charge is 2.29. The smallest absolute Gasteiger partial charge is 0.310 e. The molecule has 1 N–H and O–H groups in total. The molecule has 0 bridgehead atoms. The van der Waals surface area contributed by atoms with Crippen molar-refractivity contribution in [3.05, 3.63) is 34.3 Å². The summed E-state index contributed by atoms with van der Waals surface area (Å²) in [6.07, 6.45) is -3.50. The fraction of sp³-hybridized carbons (Fsp3) is 0.571. The second-order valence-electron chi connectivity index (χ2n) is 4.80. The molecule has 0 fully saturated rings. The Morgan fingerprint density at radius 3 is 2.35 bits per heavy atom. The minimum Gasteiger partial charge on any atom is -0.310 e. The zero-order chi connectivity index (χ0) is 15.2. The summed E-state index contributed by atoms with van der Waals surface area (Å²) in [5.41, 5.74) is 1.09. The third-order valence-corrected chi connectivity index (χ3v) is 3.50. The van der Waals surface area contributed by atoms with Crippen LogP contribution in [-0.4, -0.2) is 37.8 Å². The van der Waals surface area contributed by atoms with E-state index in [0.29, 0.717) is 13.0 Å². The van der Waals surface area contributed by atoms with Gasteiger partial charge in [-0.3, -0.25) is 4.90 Å². The lowest BCUT2D eigenvalue weighted by Gasteiger charge is -2.23. The van der Waals surface area contributed by atoms with Gasteiger partial charge in [0.25, 0.3) is 0 Å². The Balaban J connectivity index is 2.57. The van der Waals surface area contributed by atoms with Gasteiger partial charge in [0, 0.05) is 10.5 Å². The highest BCUT2D eigenvalue weighted by Crippen LogP contribution is 2.21. The molecule has 1 aromatic rings. The van der Waals surface area contributed by atoms with Gasteiger partial charge < -0.3 is 5.32 Å². The van der Waals surface area contributed by atoms with Gasteiger partial charge in [-0.2, -0.15) is 13.2 Å². The fourth-order valence-electron chi connectivity index (χ4n) is 2.06. The van der Waals surface area contributed by atoms with Crippen LogP contribution in [0.25, 0.3) is 0 Å². The predicted octanol–water partition coefficient (Wildman–Crippen LogP) is 3.98. The third kappa shape index (κ3) is 6.72. The summed E-state index contributed by atoms with van der Waals surface area (Å²) in [6, 6.07) is 7.93. The maximum absolute atomic E-state index is 12.3. The van der Waals surface area contributed by atoms with Crippen molar-refractivity contribution < 1.29 is 13.2 Å².